The molecule has 0 unspecified atom stereocenters. The van der Waals surface area contributed by atoms with E-state index >= 15 is 0 Å². The molecule has 0 fully saturated rings. The fourth-order valence-corrected chi connectivity index (χ4v) is 3.04. The van der Waals surface area contributed by atoms with Crippen molar-refractivity contribution in [1.29, 1.82) is 0 Å². The summed E-state index contributed by atoms with van der Waals surface area (Å²) in [4.78, 5) is 40.9. The van der Waals surface area contributed by atoms with Crippen LogP contribution in [-0.4, -0.2) is 27.9 Å². The number of aryl methyl sites for hydroxylation is 2. The Morgan fingerprint density at radius 1 is 1.19 bits per heavy atom. The van der Waals surface area contributed by atoms with E-state index in [0.717, 1.165) is 0 Å². The molecule has 0 spiro atoms. The van der Waals surface area contributed by atoms with Crippen LogP contribution in [0.4, 0.5) is 0 Å². The van der Waals surface area contributed by atoms with Crippen LogP contribution in [0.15, 0.2) is 47.3 Å². The predicted octanol–water partition coefficient (Wildman–Crippen LogP) is 3.42. The zero-order valence-corrected chi connectivity index (χ0v) is 15.6. The highest BCUT2D eigenvalue weighted by molar-refractivity contribution is 6.34. The van der Waals surface area contributed by atoms with E-state index in [0.29, 0.717) is 33.9 Å². The zero-order chi connectivity index (χ0) is 19.6. The van der Waals surface area contributed by atoms with E-state index in [1.54, 1.807) is 54.0 Å². The van der Waals surface area contributed by atoms with Gasteiger partial charge in [0.1, 0.15) is 5.69 Å². The van der Waals surface area contributed by atoms with E-state index in [1.165, 1.54) is 0 Å². The van der Waals surface area contributed by atoms with Crippen molar-refractivity contribution in [3.05, 3.63) is 74.7 Å². The quantitative estimate of drug-likeness (QED) is 0.497. The van der Waals surface area contributed by atoms with E-state index in [2.05, 4.69) is 4.98 Å². The number of hydrogen-bond donors (Lipinski definition) is 0. The molecule has 1 heterocycles. The molecule has 0 aliphatic carbocycles. The molecule has 0 saturated carbocycles. The number of ether oxygens (including phenoxy) is 1. The molecule has 0 aliphatic rings. The Hall–Kier alpha value is -2.99. The standard InChI is InChI=1S/C20H17ClN2O4/c1-3-23-17-9-8-13(10-16(17)22-12(2)19(23)25)20(26)27-11-18(24)14-6-4-5-7-15(14)21/h4-10H,3,11H2,1-2H3. The minimum absolute atomic E-state index is 0.161. The second kappa shape index (κ2) is 7.72. The molecule has 0 atom stereocenters. The summed E-state index contributed by atoms with van der Waals surface area (Å²) in [5.74, 6) is -1.03. The number of benzene rings is 2. The summed E-state index contributed by atoms with van der Waals surface area (Å²) in [5, 5.41) is 0.307. The number of Topliss-reactive ketones (excluding diaryl/α,β-unsaturated/α-hetero) is 1. The van der Waals surface area contributed by atoms with Crippen molar-refractivity contribution in [2.45, 2.75) is 20.4 Å². The Balaban J connectivity index is 1.82. The van der Waals surface area contributed by atoms with Crippen molar-refractivity contribution < 1.29 is 14.3 Å². The molecule has 0 bridgehead atoms. The van der Waals surface area contributed by atoms with Crippen LogP contribution < -0.4 is 5.56 Å². The Morgan fingerprint density at radius 2 is 1.93 bits per heavy atom. The third kappa shape index (κ3) is 3.75. The topological polar surface area (TPSA) is 78.3 Å². The van der Waals surface area contributed by atoms with Gasteiger partial charge in [-0.3, -0.25) is 9.59 Å². The molecule has 27 heavy (non-hydrogen) atoms. The number of rotatable bonds is 5. The molecular formula is C20H17ClN2O4. The first kappa shape index (κ1) is 18.8. The van der Waals surface area contributed by atoms with E-state index in [4.69, 9.17) is 16.3 Å². The second-order valence-electron chi connectivity index (χ2n) is 5.93. The fraction of sp³-hybridized carbons (Fsp3) is 0.200. The molecule has 0 N–H and O–H groups in total. The molecule has 6 nitrogen and oxygen atoms in total. The summed E-state index contributed by atoms with van der Waals surface area (Å²) in [6.07, 6.45) is 0. The molecule has 7 heteroatoms. The molecular weight excluding hydrogens is 368 g/mol. The van der Waals surface area contributed by atoms with Crippen molar-refractivity contribution in [2.75, 3.05) is 6.61 Å². The predicted molar refractivity (Wildman–Crippen MR) is 102 cm³/mol. The number of ketones is 1. The van der Waals surface area contributed by atoms with Gasteiger partial charge in [0.25, 0.3) is 5.56 Å². The van der Waals surface area contributed by atoms with Gasteiger partial charge in [-0.25, -0.2) is 9.78 Å². The Labute approximate surface area is 160 Å². The van der Waals surface area contributed by atoms with Crippen molar-refractivity contribution in [3.8, 4) is 0 Å². The third-order valence-corrected chi connectivity index (χ3v) is 4.50. The van der Waals surface area contributed by atoms with Gasteiger partial charge in [0.15, 0.2) is 6.61 Å². The van der Waals surface area contributed by atoms with Crippen LogP contribution in [0.5, 0.6) is 0 Å². The lowest BCUT2D eigenvalue weighted by atomic mass is 10.1. The summed E-state index contributed by atoms with van der Waals surface area (Å²) in [6, 6.07) is 11.3. The summed E-state index contributed by atoms with van der Waals surface area (Å²) in [6.45, 7) is 3.57. The number of carbonyl (C=O) groups excluding carboxylic acids is 2. The molecule has 3 aromatic rings. The molecule has 3 rings (SSSR count). The molecule has 0 saturated heterocycles. The number of carbonyl (C=O) groups is 2. The van der Waals surface area contributed by atoms with E-state index in [9.17, 15) is 14.4 Å². The number of esters is 1. The summed E-state index contributed by atoms with van der Waals surface area (Å²) >= 11 is 5.98. The first-order valence-electron chi connectivity index (χ1n) is 8.38. The first-order chi connectivity index (χ1) is 12.9. The summed E-state index contributed by atoms with van der Waals surface area (Å²) in [7, 11) is 0. The largest absolute Gasteiger partial charge is 0.454 e. The highest BCUT2D eigenvalue weighted by Crippen LogP contribution is 2.17. The number of hydrogen-bond acceptors (Lipinski definition) is 5. The van der Waals surface area contributed by atoms with E-state index < -0.39 is 12.6 Å². The van der Waals surface area contributed by atoms with Gasteiger partial charge in [0.2, 0.25) is 5.78 Å². The molecule has 0 radical (unpaired) electrons. The Morgan fingerprint density at radius 3 is 2.63 bits per heavy atom. The second-order valence-corrected chi connectivity index (χ2v) is 6.34. The average molecular weight is 385 g/mol. The van der Waals surface area contributed by atoms with Crippen molar-refractivity contribution in [1.82, 2.24) is 9.55 Å². The molecule has 138 valence electrons. The number of fused-ring (bicyclic) bond motifs is 1. The molecule has 1 aromatic heterocycles. The van der Waals surface area contributed by atoms with Crippen LogP contribution >= 0.6 is 11.6 Å². The maximum atomic E-state index is 12.3. The van der Waals surface area contributed by atoms with Crippen LogP contribution in [0, 0.1) is 6.92 Å². The van der Waals surface area contributed by atoms with Crippen LogP contribution in [0.25, 0.3) is 11.0 Å². The third-order valence-electron chi connectivity index (χ3n) is 4.17. The Bertz CT molecular complexity index is 1100. The number of halogens is 1. The van der Waals surface area contributed by atoms with Crippen LogP contribution in [0.3, 0.4) is 0 Å². The highest BCUT2D eigenvalue weighted by Gasteiger charge is 2.15. The highest BCUT2D eigenvalue weighted by atomic mass is 35.5. The lowest BCUT2D eigenvalue weighted by molar-refractivity contribution is 0.0475. The fourth-order valence-electron chi connectivity index (χ4n) is 2.79. The van der Waals surface area contributed by atoms with Gasteiger partial charge in [-0.05, 0) is 44.2 Å². The Kier molecular flexibility index (Phi) is 5.37. The van der Waals surface area contributed by atoms with Crippen molar-refractivity contribution >= 4 is 34.4 Å². The van der Waals surface area contributed by atoms with Crippen molar-refractivity contribution in [2.24, 2.45) is 0 Å². The molecule has 0 amide bonds. The summed E-state index contributed by atoms with van der Waals surface area (Å²) < 4.78 is 6.71. The maximum absolute atomic E-state index is 12.3. The average Bonchev–Trinajstić information content (AvgIpc) is 2.67. The van der Waals surface area contributed by atoms with Gasteiger partial charge in [-0.2, -0.15) is 0 Å². The van der Waals surface area contributed by atoms with Crippen LogP contribution in [0.2, 0.25) is 5.02 Å². The lowest BCUT2D eigenvalue weighted by Crippen LogP contribution is -2.23. The zero-order valence-electron chi connectivity index (χ0n) is 14.9. The smallest absolute Gasteiger partial charge is 0.338 e. The SMILES string of the molecule is CCn1c(=O)c(C)nc2cc(C(=O)OCC(=O)c3ccccc3Cl)ccc21. The van der Waals surface area contributed by atoms with Gasteiger partial charge in [-0.1, -0.05) is 23.7 Å². The van der Waals surface area contributed by atoms with Gasteiger partial charge < -0.3 is 9.30 Å². The molecule has 2 aromatic carbocycles. The van der Waals surface area contributed by atoms with Crippen LogP contribution in [0.1, 0.15) is 33.3 Å². The number of nitrogens with zero attached hydrogens (tertiary/aromatic N) is 2. The van der Waals surface area contributed by atoms with Gasteiger partial charge in [0, 0.05) is 12.1 Å². The molecule has 0 aliphatic heterocycles. The van der Waals surface area contributed by atoms with Gasteiger partial charge in [-0.15, -0.1) is 0 Å². The monoisotopic (exact) mass is 384 g/mol. The first-order valence-corrected chi connectivity index (χ1v) is 8.76. The van der Waals surface area contributed by atoms with E-state index in [1.807, 2.05) is 6.92 Å². The van der Waals surface area contributed by atoms with Gasteiger partial charge in [0.05, 0.1) is 21.6 Å². The summed E-state index contributed by atoms with van der Waals surface area (Å²) in [5.41, 5.74) is 1.89. The van der Waals surface area contributed by atoms with Gasteiger partial charge >= 0.3 is 5.97 Å². The normalized spacial score (nSPS) is 10.8. The van der Waals surface area contributed by atoms with E-state index in [-0.39, 0.29) is 16.9 Å². The lowest BCUT2D eigenvalue weighted by Gasteiger charge is -2.10. The minimum atomic E-state index is -0.647. The minimum Gasteiger partial charge on any atom is -0.454 e. The van der Waals surface area contributed by atoms with Crippen LogP contribution in [-0.2, 0) is 11.3 Å². The maximum Gasteiger partial charge on any atom is 0.338 e. The van der Waals surface area contributed by atoms with Crippen molar-refractivity contribution in [3.63, 3.8) is 0 Å². The number of aromatic nitrogens is 2.